The summed E-state index contributed by atoms with van der Waals surface area (Å²) in [6.45, 7) is 12.0. The van der Waals surface area contributed by atoms with Gasteiger partial charge in [-0.2, -0.15) is 0 Å². The van der Waals surface area contributed by atoms with Crippen LogP contribution in [0.4, 0.5) is 16.3 Å². The Balaban J connectivity index is 0.00000100. The number of nitrogens with one attached hydrogen (secondary N) is 1. The Kier molecular flexibility index (Phi) is 5.01. The minimum Gasteiger partial charge on any atom is -0.443 e. The molecule has 2 aromatic heterocycles. The minimum atomic E-state index is -0.543. The van der Waals surface area contributed by atoms with Crippen molar-refractivity contribution in [3.63, 3.8) is 0 Å². The van der Waals surface area contributed by atoms with E-state index in [4.69, 9.17) is 10.5 Å². The van der Waals surface area contributed by atoms with Crippen LogP contribution in [0.2, 0.25) is 0 Å². The maximum atomic E-state index is 12.5. The van der Waals surface area contributed by atoms with E-state index in [1.54, 1.807) is 4.90 Å². The maximum absolute atomic E-state index is 12.5. The molecule has 2 aromatic rings. The molecular weight excluding hydrogens is 306 g/mol. The number of hydrogen-bond donors (Lipinski definition) is 2. The van der Waals surface area contributed by atoms with E-state index in [0.29, 0.717) is 17.9 Å². The number of hydrogen-bond acceptors (Lipinski definition) is 5. The molecule has 1 aliphatic heterocycles. The maximum Gasteiger partial charge on any atom is 0.414 e. The number of aryl methyl sites for hydroxylation is 2. The molecular formula is C17H27N5O2. The number of ether oxygens (including phenoxy) is 1. The summed E-state index contributed by atoms with van der Waals surface area (Å²) in [7, 11) is 0. The highest BCUT2D eigenvalue weighted by atomic mass is 16.6. The first-order valence-electron chi connectivity index (χ1n) is 8.41. The van der Waals surface area contributed by atoms with Crippen LogP contribution >= 0.6 is 0 Å². The molecule has 3 N–H and O–H groups in total. The average Bonchev–Trinajstić information content (AvgIpc) is 2.89. The van der Waals surface area contributed by atoms with Crippen LogP contribution in [0.3, 0.4) is 0 Å². The minimum absolute atomic E-state index is 0.367. The summed E-state index contributed by atoms with van der Waals surface area (Å²) in [5.74, 6) is 1.13. The van der Waals surface area contributed by atoms with Gasteiger partial charge in [-0.25, -0.2) is 14.8 Å². The van der Waals surface area contributed by atoms with Crippen molar-refractivity contribution in [2.45, 2.75) is 60.0 Å². The van der Waals surface area contributed by atoms with Crippen molar-refractivity contribution in [3.05, 3.63) is 11.5 Å². The summed E-state index contributed by atoms with van der Waals surface area (Å²) in [5, 5.41) is 0. The number of amides is 1. The Bertz CT molecular complexity index is 745. The second kappa shape index (κ2) is 6.67. The lowest BCUT2D eigenvalue weighted by atomic mass is 10.1. The third-order valence-corrected chi connectivity index (χ3v) is 3.51. The lowest BCUT2D eigenvalue weighted by Gasteiger charge is -2.31. The van der Waals surface area contributed by atoms with Crippen LogP contribution in [0.15, 0.2) is 0 Å². The zero-order chi connectivity index (χ0) is 18.1. The van der Waals surface area contributed by atoms with Gasteiger partial charge in [0.05, 0.1) is 16.9 Å². The van der Waals surface area contributed by atoms with Crippen molar-refractivity contribution < 1.29 is 9.53 Å². The van der Waals surface area contributed by atoms with Crippen LogP contribution < -0.4 is 10.6 Å². The van der Waals surface area contributed by atoms with E-state index in [9.17, 15) is 4.79 Å². The summed E-state index contributed by atoms with van der Waals surface area (Å²) in [6.07, 6.45) is 1.25. The third-order valence-electron chi connectivity index (χ3n) is 3.51. The van der Waals surface area contributed by atoms with Gasteiger partial charge in [0.25, 0.3) is 0 Å². The summed E-state index contributed by atoms with van der Waals surface area (Å²) >= 11 is 0. The number of carbonyl (C=O) groups excluding carboxylic acids is 1. The van der Waals surface area contributed by atoms with Gasteiger partial charge in [-0.15, -0.1) is 0 Å². The molecule has 1 aliphatic rings. The third kappa shape index (κ3) is 3.44. The summed E-state index contributed by atoms with van der Waals surface area (Å²) in [4.78, 5) is 26.1. The van der Waals surface area contributed by atoms with Gasteiger partial charge in [0, 0.05) is 6.54 Å². The van der Waals surface area contributed by atoms with Crippen LogP contribution in [0, 0.1) is 6.92 Å². The highest BCUT2D eigenvalue weighted by molar-refractivity contribution is 6.03. The van der Waals surface area contributed by atoms with Crippen LogP contribution in [0.25, 0.3) is 11.0 Å². The molecule has 132 valence electrons. The molecule has 0 saturated carbocycles. The van der Waals surface area contributed by atoms with Gasteiger partial charge < -0.3 is 15.5 Å². The molecule has 0 atom stereocenters. The largest absolute Gasteiger partial charge is 0.443 e. The molecule has 0 fully saturated rings. The van der Waals surface area contributed by atoms with Crippen molar-refractivity contribution in [2.24, 2.45) is 0 Å². The van der Waals surface area contributed by atoms with Crippen LogP contribution in [0.5, 0.6) is 0 Å². The van der Waals surface area contributed by atoms with Crippen molar-refractivity contribution in [2.75, 3.05) is 17.2 Å². The highest BCUT2D eigenvalue weighted by Gasteiger charge is 2.31. The Morgan fingerprint density at radius 2 is 1.96 bits per heavy atom. The van der Waals surface area contributed by atoms with E-state index in [1.807, 2.05) is 41.5 Å². The van der Waals surface area contributed by atoms with Gasteiger partial charge in [0.1, 0.15) is 16.9 Å². The average molecular weight is 333 g/mol. The van der Waals surface area contributed by atoms with Gasteiger partial charge in [-0.05, 0) is 40.5 Å². The molecule has 7 nitrogen and oxygen atoms in total. The number of H-pyrrole nitrogens is 1. The van der Waals surface area contributed by atoms with Crippen molar-refractivity contribution in [1.82, 2.24) is 15.0 Å². The fraction of sp³-hybridized carbons (Fsp3) is 0.588. The van der Waals surface area contributed by atoms with Crippen LogP contribution in [-0.2, 0) is 11.2 Å². The Morgan fingerprint density at radius 1 is 1.29 bits per heavy atom. The number of nitrogens with two attached hydrogens (primary N) is 1. The molecule has 1 amide bonds. The van der Waals surface area contributed by atoms with Crippen molar-refractivity contribution in [3.8, 4) is 0 Å². The second-order valence-electron chi connectivity index (χ2n) is 6.57. The lowest BCUT2D eigenvalue weighted by molar-refractivity contribution is 0.0578. The van der Waals surface area contributed by atoms with E-state index >= 15 is 0 Å². The standard InChI is InChI=1S/C15H21N5O2.C2H6/c1-8-17-10-11(18-8)13(16)19-9-6-5-7-20(12(9)10)14(21)22-15(2,3)4;1-2/h5-7H2,1-4H3,(H2,16,19)(H,17,18);1-2H3. The predicted molar refractivity (Wildman–Crippen MR) is 96.3 cm³/mol. The summed E-state index contributed by atoms with van der Waals surface area (Å²) in [6, 6.07) is 0. The Hall–Kier alpha value is -2.31. The number of pyridine rings is 1. The quantitative estimate of drug-likeness (QED) is 0.768. The predicted octanol–water partition coefficient (Wildman–Crippen LogP) is 3.56. The molecule has 0 unspecified atom stereocenters. The van der Waals surface area contributed by atoms with Crippen LogP contribution in [0.1, 0.15) is 52.6 Å². The molecule has 3 heterocycles. The summed E-state index contributed by atoms with van der Waals surface area (Å²) in [5.41, 5.74) is 8.36. The SMILES string of the molecule is CC.Cc1nc2c(N)nc3c(c2[nH]1)N(C(=O)OC(C)(C)C)CCC3. The number of rotatable bonds is 0. The normalized spacial score (nSPS) is 14.0. The molecule has 0 aromatic carbocycles. The molecule has 3 rings (SSSR count). The molecule has 0 radical (unpaired) electrons. The van der Waals surface area contributed by atoms with E-state index in [2.05, 4.69) is 15.0 Å². The number of nitrogen functional groups attached to an aromatic ring is 1. The van der Waals surface area contributed by atoms with E-state index in [0.717, 1.165) is 35.6 Å². The Labute approximate surface area is 142 Å². The second-order valence-corrected chi connectivity index (χ2v) is 6.57. The van der Waals surface area contributed by atoms with E-state index < -0.39 is 5.60 Å². The van der Waals surface area contributed by atoms with Gasteiger partial charge in [0.2, 0.25) is 0 Å². The molecule has 0 aliphatic carbocycles. The first-order valence-corrected chi connectivity index (χ1v) is 8.41. The number of imidazole rings is 1. The van der Waals surface area contributed by atoms with E-state index in [1.165, 1.54) is 0 Å². The number of anilines is 2. The topological polar surface area (TPSA) is 97.1 Å². The fourth-order valence-corrected chi connectivity index (χ4v) is 2.73. The Morgan fingerprint density at radius 3 is 2.58 bits per heavy atom. The van der Waals surface area contributed by atoms with Crippen molar-refractivity contribution in [1.29, 1.82) is 0 Å². The van der Waals surface area contributed by atoms with Gasteiger partial charge in [-0.1, -0.05) is 13.8 Å². The number of aromatic amines is 1. The fourth-order valence-electron chi connectivity index (χ4n) is 2.73. The lowest BCUT2D eigenvalue weighted by Crippen LogP contribution is -2.40. The first-order chi connectivity index (χ1) is 11.3. The zero-order valence-corrected chi connectivity index (χ0v) is 15.4. The van der Waals surface area contributed by atoms with E-state index in [-0.39, 0.29) is 6.09 Å². The number of aromatic nitrogens is 3. The molecule has 24 heavy (non-hydrogen) atoms. The molecule has 0 bridgehead atoms. The van der Waals surface area contributed by atoms with Crippen molar-refractivity contribution >= 4 is 28.6 Å². The highest BCUT2D eigenvalue weighted by Crippen LogP contribution is 2.35. The molecule has 0 spiro atoms. The van der Waals surface area contributed by atoms with Gasteiger partial charge in [-0.3, -0.25) is 4.90 Å². The first kappa shape index (κ1) is 18.0. The monoisotopic (exact) mass is 333 g/mol. The van der Waals surface area contributed by atoms with Gasteiger partial charge >= 0.3 is 6.09 Å². The van der Waals surface area contributed by atoms with Gasteiger partial charge in [0.15, 0.2) is 5.82 Å². The number of fused-ring (bicyclic) bond motifs is 3. The molecule has 7 heteroatoms. The smallest absolute Gasteiger partial charge is 0.414 e. The summed E-state index contributed by atoms with van der Waals surface area (Å²) < 4.78 is 5.51. The zero-order valence-electron chi connectivity index (χ0n) is 15.4. The van der Waals surface area contributed by atoms with Crippen LogP contribution in [-0.4, -0.2) is 33.2 Å². The number of nitrogens with zero attached hydrogens (tertiary/aromatic N) is 3. The molecule has 0 saturated heterocycles. The number of carbonyl (C=O) groups is 1.